The van der Waals surface area contributed by atoms with Crippen molar-refractivity contribution in [2.24, 2.45) is 0 Å². The monoisotopic (exact) mass is 441 g/mol. The molecule has 8 nitrogen and oxygen atoms in total. The van der Waals surface area contributed by atoms with E-state index in [2.05, 4.69) is 0 Å². The van der Waals surface area contributed by atoms with Gasteiger partial charge in [0.1, 0.15) is 0 Å². The number of aryl methyl sites for hydroxylation is 1. The first-order valence-electron chi connectivity index (χ1n) is 10.7. The summed E-state index contributed by atoms with van der Waals surface area (Å²) < 4.78 is 10.4. The second-order valence-electron chi connectivity index (χ2n) is 7.26. The maximum absolute atomic E-state index is 12.8. The van der Waals surface area contributed by atoms with Crippen molar-refractivity contribution >= 4 is 23.4 Å². The Kier molecular flexibility index (Phi) is 9.53. The van der Waals surface area contributed by atoms with Crippen molar-refractivity contribution in [2.45, 2.75) is 58.8 Å². The van der Waals surface area contributed by atoms with Crippen LogP contribution >= 0.6 is 0 Å². The molecule has 170 valence electrons. The number of hydrogen-bond acceptors (Lipinski definition) is 7. The van der Waals surface area contributed by atoms with Crippen molar-refractivity contribution in [1.29, 1.82) is 0 Å². The summed E-state index contributed by atoms with van der Waals surface area (Å²) in [5.41, 5.74) is 0.209. The lowest BCUT2D eigenvalue weighted by Gasteiger charge is -2.13. The summed E-state index contributed by atoms with van der Waals surface area (Å²) in [5.74, 6) is -2.53. The van der Waals surface area contributed by atoms with Crippen LogP contribution in [0.15, 0.2) is 42.5 Å². The molecule has 0 fully saturated rings. The predicted molar refractivity (Wildman–Crippen MR) is 118 cm³/mol. The van der Waals surface area contributed by atoms with Crippen LogP contribution in [0.5, 0.6) is 11.5 Å². The minimum atomic E-state index is -0.782. The lowest BCUT2D eigenvalue weighted by atomic mass is 10.0. The number of carbonyl (C=O) groups is 3. The first kappa shape index (κ1) is 24.7. The van der Waals surface area contributed by atoms with Crippen LogP contribution in [-0.2, 0) is 16.0 Å². The van der Waals surface area contributed by atoms with Crippen LogP contribution < -0.4 is 9.47 Å². The fourth-order valence-corrected chi connectivity index (χ4v) is 3.12. The zero-order valence-corrected chi connectivity index (χ0v) is 18.3. The second-order valence-corrected chi connectivity index (χ2v) is 7.26. The molecule has 2 rings (SSSR count). The summed E-state index contributed by atoms with van der Waals surface area (Å²) in [6, 6.07) is 12.1. The van der Waals surface area contributed by atoms with Gasteiger partial charge in [0.15, 0.2) is 11.5 Å². The molecule has 0 aliphatic heterocycles. The van der Waals surface area contributed by atoms with E-state index in [9.17, 15) is 24.5 Å². The van der Waals surface area contributed by atoms with Crippen LogP contribution in [0, 0.1) is 10.1 Å². The molecule has 0 aliphatic rings. The Morgan fingerprint density at radius 3 is 2.09 bits per heavy atom. The summed E-state index contributed by atoms with van der Waals surface area (Å²) in [7, 11) is 0. The quantitative estimate of drug-likeness (QED) is 0.146. The number of ketones is 1. The maximum Gasteiger partial charge on any atom is 0.326 e. The molecule has 0 N–H and O–H groups in total. The van der Waals surface area contributed by atoms with Crippen molar-refractivity contribution in [3.63, 3.8) is 0 Å². The molecule has 0 saturated carbocycles. The number of nitrogens with zero attached hydrogens (tertiary/aromatic N) is 1. The molecule has 0 atom stereocenters. The highest BCUT2D eigenvalue weighted by Crippen LogP contribution is 2.41. The third-order valence-corrected chi connectivity index (χ3v) is 4.64. The molecular weight excluding hydrogens is 414 g/mol. The molecule has 8 heteroatoms. The summed E-state index contributed by atoms with van der Waals surface area (Å²) >= 11 is 0. The highest BCUT2D eigenvalue weighted by Gasteiger charge is 2.31. The van der Waals surface area contributed by atoms with E-state index in [1.807, 2.05) is 30.3 Å². The van der Waals surface area contributed by atoms with E-state index < -0.39 is 34.1 Å². The number of ether oxygens (including phenoxy) is 2. The second kappa shape index (κ2) is 12.3. The van der Waals surface area contributed by atoms with Gasteiger partial charge in [-0.25, -0.2) is 0 Å². The van der Waals surface area contributed by atoms with Gasteiger partial charge in [-0.05, 0) is 43.4 Å². The van der Waals surface area contributed by atoms with E-state index in [-0.39, 0.29) is 30.6 Å². The highest BCUT2D eigenvalue weighted by atomic mass is 16.6. The fourth-order valence-electron chi connectivity index (χ4n) is 3.12. The van der Waals surface area contributed by atoms with Crippen molar-refractivity contribution in [2.75, 3.05) is 0 Å². The molecule has 0 aromatic heterocycles. The van der Waals surface area contributed by atoms with Crippen molar-refractivity contribution in [3.8, 4) is 11.5 Å². The number of carbonyl (C=O) groups excluding carboxylic acids is 3. The number of hydrogen-bond donors (Lipinski definition) is 0. The number of nitro benzene ring substituents is 1. The SMILES string of the molecule is CCCC(=O)Oc1ccc(C(=O)CCCc2ccccc2)c([N+](=O)[O-])c1OC(=O)CCC. The van der Waals surface area contributed by atoms with Crippen molar-refractivity contribution in [3.05, 3.63) is 63.7 Å². The zero-order valence-electron chi connectivity index (χ0n) is 18.3. The van der Waals surface area contributed by atoms with Gasteiger partial charge in [-0.3, -0.25) is 24.5 Å². The molecule has 2 aromatic rings. The minimum absolute atomic E-state index is 0.0226. The van der Waals surface area contributed by atoms with Gasteiger partial charge in [0.25, 0.3) is 5.75 Å². The third kappa shape index (κ3) is 7.01. The summed E-state index contributed by atoms with van der Waals surface area (Å²) in [4.78, 5) is 47.9. The molecule has 0 amide bonds. The standard InChI is InChI=1S/C24H27NO7/c1-3-9-21(27)31-20-16-15-18(19(26)14-8-13-17-11-6-5-7-12-17)23(25(29)30)24(20)32-22(28)10-4-2/h5-7,11-12,15-16H,3-4,8-10,13-14H2,1-2H3. The van der Waals surface area contributed by atoms with Crippen LogP contribution in [0.4, 0.5) is 5.69 Å². The number of Topliss-reactive ketones (excluding diaryl/α,β-unsaturated/α-hetero) is 1. The zero-order chi connectivity index (χ0) is 23.5. The fraction of sp³-hybridized carbons (Fsp3) is 0.375. The first-order valence-corrected chi connectivity index (χ1v) is 10.7. The predicted octanol–water partition coefficient (Wildman–Crippen LogP) is 5.21. The van der Waals surface area contributed by atoms with Crippen molar-refractivity contribution < 1.29 is 28.8 Å². The molecule has 0 spiro atoms. The van der Waals surface area contributed by atoms with Crippen molar-refractivity contribution in [1.82, 2.24) is 0 Å². The van der Waals surface area contributed by atoms with Crippen LogP contribution in [-0.4, -0.2) is 22.6 Å². The Morgan fingerprint density at radius 2 is 1.50 bits per heavy atom. The summed E-state index contributed by atoms with van der Waals surface area (Å²) in [5, 5.41) is 11.9. The molecule has 0 radical (unpaired) electrons. The Balaban J connectivity index is 2.34. The summed E-state index contributed by atoms with van der Waals surface area (Å²) in [6.07, 6.45) is 2.32. The van der Waals surface area contributed by atoms with Gasteiger partial charge >= 0.3 is 17.6 Å². The van der Waals surface area contributed by atoms with Gasteiger partial charge in [-0.2, -0.15) is 0 Å². The number of benzene rings is 2. The first-order chi connectivity index (χ1) is 15.4. The molecule has 0 aliphatic carbocycles. The smallest absolute Gasteiger partial charge is 0.326 e. The Hall–Kier alpha value is -3.55. The molecule has 0 bridgehead atoms. The normalized spacial score (nSPS) is 10.4. The van der Waals surface area contributed by atoms with E-state index in [1.165, 1.54) is 12.1 Å². The van der Waals surface area contributed by atoms with E-state index in [4.69, 9.17) is 9.47 Å². The van der Waals surface area contributed by atoms with Gasteiger partial charge < -0.3 is 9.47 Å². The molecule has 2 aromatic carbocycles. The lowest BCUT2D eigenvalue weighted by Crippen LogP contribution is -2.15. The largest absolute Gasteiger partial charge is 0.422 e. The van der Waals surface area contributed by atoms with E-state index in [0.29, 0.717) is 25.7 Å². The highest BCUT2D eigenvalue weighted by molar-refractivity contribution is 6.01. The van der Waals surface area contributed by atoms with Crippen LogP contribution in [0.25, 0.3) is 0 Å². The van der Waals surface area contributed by atoms with Gasteiger partial charge in [0.05, 0.1) is 10.5 Å². The maximum atomic E-state index is 12.8. The molecule has 0 saturated heterocycles. The van der Waals surface area contributed by atoms with Crippen LogP contribution in [0.1, 0.15) is 68.3 Å². The Bertz CT molecular complexity index is 970. The van der Waals surface area contributed by atoms with E-state index in [1.54, 1.807) is 13.8 Å². The Labute approximate surface area is 186 Å². The molecule has 0 heterocycles. The van der Waals surface area contributed by atoms with E-state index in [0.717, 1.165) is 5.56 Å². The van der Waals surface area contributed by atoms with Crippen LogP contribution in [0.3, 0.4) is 0 Å². The average Bonchev–Trinajstić information content (AvgIpc) is 2.75. The van der Waals surface area contributed by atoms with E-state index >= 15 is 0 Å². The topological polar surface area (TPSA) is 113 Å². The van der Waals surface area contributed by atoms with Gasteiger partial charge in [0, 0.05) is 19.3 Å². The molecule has 0 unspecified atom stereocenters. The lowest BCUT2D eigenvalue weighted by molar-refractivity contribution is -0.386. The molecule has 32 heavy (non-hydrogen) atoms. The van der Waals surface area contributed by atoms with Gasteiger partial charge in [-0.15, -0.1) is 0 Å². The minimum Gasteiger partial charge on any atom is -0.422 e. The average molecular weight is 441 g/mol. The Morgan fingerprint density at radius 1 is 0.875 bits per heavy atom. The van der Waals surface area contributed by atoms with Gasteiger partial charge in [0.2, 0.25) is 0 Å². The van der Waals surface area contributed by atoms with Gasteiger partial charge in [-0.1, -0.05) is 44.2 Å². The third-order valence-electron chi connectivity index (χ3n) is 4.64. The molecular formula is C24H27NO7. The van der Waals surface area contributed by atoms with Crippen LogP contribution in [0.2, 0.25) is 0 Å². The number of nitro groups is 1. The number of esters is 2. The number of rotatable bonds is 12. The summed E-state index contributed by atoms with van der Waals surface area (Å²) in [6.45, 7) is 3.54.